The number of nitrogens with zero attached hydrogens (tertiary/aromatic N) is 3. The molecule has 1 amide bonds. The number of benzene rings is 2. The van der Waals surface area contributed by atoms with Crippen molar-refractivity contribution in [1.29, 1.82) is 0 Å². The minimum absolute atomic E-state index is 0.0444. The highest BCUT2D eigenvalue weighted by Gasteiger charge is 2.44. The first kappa shape index (κ1) is 21.3. The Morgan fingerprint density at radius 2 is 1.82 bits per heavy atom. The monoisotopic (exact) mass is 479 g/mol. The molecule has 0 radical (unpaired) electrons. The van der Waals surface area contributed by atoms with Crippen molar-refractivity contribution < 1.29 is 13.2 Å². The van der Waals surface area contributed by atoms with Crippen LogP contribution in [0.1, 0.15) is 17.9 Å². The maximum atomic E-state index is 12.7. The molecule has 1 saturated carbocycles. The molecule has 2 aromatic heterocycles. The van der Waals surface area contributed by atoms with Crippen LogP contribution < -0.4 is 10.0 Å². The zero-order chi connectivity index (χ0) is 23.0. The Labute approximate surface area is 195 Å². The number of hydrogen-bond donors (Lipinski definition) is 2. The van der Waals surface area contributed by atoms with E-state index in [9.17, 15) is 13.2 Å². The quantitative estimate of drug-likeness (QED) is 0.428. The molecule has 1 fully saturated rings. The molecule has 1 aliphatic rings. The Morgan fingerprint density at radius 1 is 1.00 bits per heavy atom. The molecule has 0 unspecified atom stereocenters. The van der Waals surface area contributed by atoms with Crippen LogP contribution >= 0.6 is 11.6 Å². The molecule has 1 aliphatic carbocycles. The van der Waals surface area contributed by atoms with Gasteiger partial charge in [0.05, 0.1) is 16.1 Å². The lowest BCUT2D eigenvalue weighted by Crippen LogP contribution is -2.15. The topological polar surface area (TPSA) is 114 Å². The van der Waals surface area contributed by atoms with E-state index < -0.39 is 10.0 Å². The van der Waals surface area contributed by atoms with Crippen LogP contribution in [0.5, 0.6) is 0 Å². The van der Waals surface area contributed by atoms with Crippen LogP contribution in [0.4, 0.5) is 11.5 Å². The molecule has 2 atom stereocenters. The van der Waals surface area contributed by atoms with Crippen molar-refractivity contribution in [2.75, 3.05) is 10.0 Å². The first-order valence-corrected chi connectivity index (χ1v) is 12.0. The minimum atomic E-state index is -3.77. The average Bonchev–Trinajstić information content (AvgIpc) is 3.61. The Morgan fingerprint density at radius 3 is 2.58 bits per heavy atom. The molecule has 166 valence electrons. The number of sulfonamides is 1. The third-order valence-electron chi connectivity index (χ3n) is 5.53. The van der Waals surface area contributed by atoms with Crippen LogP contribution in [-0.4, -0.2) is 29.3 Å². The number of rotatable bonds is 6. The van der Waals surface area contributed by atoms with Crippen LogP contribution in [0, 0.1) is 5.92 Å². The highest BCUT2D eigenvalue weighted by molar-refractivity contribution is 7.92. The first-order chi connectivity index (χ1) is 15.9. The number of pyridine rings is 1. The van der Waals surface area contributed by atoms with Gasteiger partial charge in [-0.15, -0.1) is 0 Å². The number of aromatic nitrogens is 3. The van der Waals surface area contributed by atoms with Crippen molar-refractivity contribution in [2.24, 2.45) is 5.92 Å². The zero-order valence-corrected chi connectivity index (χ0v) is 18.7. The summed E-state index contributed by atoms with van der Waals surface area (Å²) >= 11 is 6.20. The molecular weight excluding hydrogens is 462 g/mol. The van der Waals surface area contributed by atoms with Gasteiger partial charge in [0.25, 0.3) is 10.0 Å². The van der Waals surface area contributed by atoms with E-state index in [1.54, 1.807) is 24.5 Å². The SMILES string of the molecule is O=C(Nc1ccc2cncc(Cl)c2c1)[C@@H]1C[C@H]1c1ccc(S(=O)(=O)Nc2cnccn2)cc1. The van der Waals surface area contributed by atoms with Gasteiger partial charge in [-0.2, -0.15) is 0 Å². The Hall–Kier alpha value is -3.56. The number of anilines is 2. The second-order valence-electron chi connectivity index (χ2n) is 7.76. The molecule has 5 rings (SSSR count). The van der Waals surface area contributed by atoms with Gasteiger partial charge in [0, 0.05) is 47.2 Å². The molecular formula is C23H18ClN5O3S. The van der Waals surface area contributed by atoms with Gasteiger partial charge in [0.1, 0.15) is 0 Å². The third kappa shape index (κ3) is 4.50. The lowest BCUT2D eigenvalue weighted by molar-refractivity contribution is -0.117. The smallest absolute Gasteiger partial charge is 0.263 e. The predicted molar refractivity (Wildman–Crippen MR) is 126 cm³/mol. The fraction of sp³-hybridized carbons (Fsp3) is 0.130. The minimum Gasteiger partial charge on any atom is -0.326 e. The van der Waals surface area contributed by atoms with Crippen molar-refractivity contribution in [3.05, 3.63) is 84.0 Å². The zero-order valence-electron chi connectivity index (χ0n) is 17.1. The van der Waals surface area contributed by atoms with Crippen LogP contribution in [0.15, 0.2) is 78.3 Å². The summed E-state index contributed by atoms with van der Waals surface area (Å²) < 4.78 is 27.5. The van der Waals surface area contributed by atoms with Crippen LogP contribution in [-0.2, 0) is 14.8 Å². The van der Waals surface area contributed by atoms with Gasteiger partial charge in [-0.3, -0.25) is 19.5 Å². The molecule has 0 spiro atoms. The molecule has 0 bridgehead atoms. The molecule has 0 aliphatic heterocycles. The lowest BCUT2D eigenvalue weighted by atomic mass is 10.1. The highest BCUT2D eigenvalue weighted by atomic mass is 35.5. The maximum absolute atomic E-state index is 12.7. The largest absolute Gasteiger partial charge is 0.326 e. The van der Waals surface area contributed by atoms with Gasteiger partial charge in [-0.25, -0.2) is 13.4 Å². The van der Waals surface area contributed by atoms with E-state index in [1.807, 2.05) is 18.2 Å². The van der Waals surface area contributed by atoms with Gasteiger partial charge >= 0.3 is 0 Å². The third-order valence-corrected chi connectivity index (χ3v) is 7.20. The number of carbonyl (C=O) groups is 1. The van der Waals surface area contributed by atoms with E-state index in [0.29, 0.717) is 17.1 Å². The average molecular weight is 480 g/mol. The summed E-state index contributed by atoms with van der Waals surface area (Å²) in [4.78, 5) is 24.7. The fourth-order valence-electron chi connectivity index (χ4n) is 3.74. The predicted octanol–water partition coefficient (Wildman–Crippen LogP) is 4.22. The molecule has 33 heavy (non-hydrogen) atoms. The van der Waals surface area contributed by atoms with Crippen LogP contribution in [0.3, 0.4) is 0 Å². The van der Waals surface area contributed by atoms with E-state index >= 15 is 0 Å². The number of hydrogen-bond acceptors (Lipinski definition) is 6. The summed E-state index contributed by atoms with van der Waals surface area (Å²) in [6.07, 6.45) is 8.19. The molecule has 8 nitrogen and oxygen atoms in total. The summed E-state index contributed by atoms with van der Waals surface area (Å²) in [5.41, 5.74) is 1.59. The van der Waals surface area contributed by atoms with Gasteiger partial charge in [0.2, 0.25) is 5.91 Å². The van der Waals surface area contributed by atoms with E-state index in [4.69, 9.17) is 11.6 Å². The lowest BCUT2D eigenvalue weighted by Gasteiger charge is -2.09. The first-order valence-electron chi connectivity index (χ1n) is 10.1. The number of amides is 1. The van der Waals surface area contributed by atoms with Crippen LogP contribution in [0.2, 0.25) is 5.02 Å². The van der Waals surface area contributed by atoms with E-state index in [-0.39, 0.29) is 28.5 Å². The van der Waals surface area contributed by atoms with Crippen molar-refractivity contribution in [1.82, 2.24) is 15.0 Å². The van der Waals surface area contributed by atoms with Crippen LogP contribution in [0.25, 0.3) is 10.8 Å². The van der Waals surface area contributed by atoms with E-state index in [0.717, 1.165) is 16.3 Å². The maximum Gasteiger partial charge on any atom is 0.263 e. The second kappa shape index (κ2) is 8.42. The Kier molecular flexibility index (Phi) is 5.43. The van der Waals surface area contributed by atoms with Crippen molar-refractivity contribution in [3.63, 3.8) is 0 Å². The highest BCUT2D eigenvalue weighted by Crippen LogP contribution is 2.48. The van der Waals surface area contributed by atoms with E-state index in [1.165, 1.54) is 30.7 Å². The van der Waals surface area contributed by atoms with Gasteiger partial charge in [-0.05, 0) is 42.2 Å². The number of halogens is 1. The number of fused-ring (bicyclic) bond motifs is 1. The van der Waals surface area contributed by atoms with Crippen molar-refractivity contribution in [3.8, 4) is 0 Å². The normalized spacial score (nSPS) is 17.5. The van der Waals surface area contributed by atoms with E-state index in [2.05, 4.69) is 25.0 Å². The van der Waals surface area contributed by atoms with Gasteiger partial charge in [0.15, 0.2) is 5.82 Å². The van der Waals surface area contributed by atoms with Gasteiger partial charge < -0.3 is 5.32 Å². The fourth-order valence-corrected chi connectivity index (χ4v) is 4.95. The standard InChI is InChI=1S/C23H18ClN5O3S/c24-21-12-26-11-15-1-4-16(9-19(15)21)28-23(30)20-10-18(20)14-2-5-17(6-3-14)33(31,32)29-22-13-25-7-8-27-22/h1-9,11-13,18,20H,10H2,(H,27,29)(H,28,30)/t18-,20+/m0/s1. The number of nitrogens with one attached hydrogen (secondary N) is 2. The molecule has 2 heterocycles. The van der Waals surface area contributed by atoms with Crippen molar-refractivity contribution >= 4 is 49.8 Å². The summed E-state index contributed by atoms with van der Waals surface area (Å²) in [5.74, 6) is -0.0611. The second-order valence-corrected chi connectivity index (χ2v) is 9.85. The number of carbonyl (C=O) groups excluding carboxylic acids is 1. The summed E-state index contributed by atoms with van der Waals surface area (Å²) in [6.45, 7) is 0. The Bertz CT molecular complexity index is 1450. The summed E-state index contributed by atoms with van der Waals surface area (Å²) in [5, 5.41) is 5.19. The molecule has 2 N–H and O–H groups in total. The Balaban J connectivity index is 1.25. The molecule has 10 heteroatoms. The molecule has 0 saturated heterocycles. The molecule has 4 aromatic rings. The van der Waals surface area contributed by atoms with Gasteiger partial charge in [-0.1, -0.05) is 29.8 Å². The van der Waals surface area contributed by atoms with Crippen molar-refractivity contribution in [2.45, 2.75) is 17.2 Å². The summed E-state index contributed by atoms with van der Waals surface area (Å²) in [7, 11) is -3.77. The molecule has 2 aromatic carbocycles. The summed E-state index contributed by atoms with van der Waals surface area (Å²) in [6, 6.07) is 12.1.